The molecule has 0 spiro atoms. The van der Waals surface area contributed by atoms with Gasteiger partial charge in [0.2, 0.25) is 0 Å². The van der Waals surface area contributed by atoms with Crippen LogP contribution in [0.5, 0.6) is 0 Å². The Hall–Kier alpha value is -0.150. The van der Waals surface area contributed by atoms with Crippen LogP contribution in [0, 0.1) is 0 Å². The van der Waals surface area contributed by atoms with Crippen molar-refractivity contribution >= 4 is 11.8 Å². The summed E-state index contributed by atoms with van der Waals surface area (Å²) in [5, 5.41) is 10.5. The molecule has 0 fully saturated rings. The van der Waals surface area contributed by atoms with E-state index in [1.165, 1.54) is 0 Å². The number of hydrogen-bond acceptors (Lipinski definition) is 3. The first-order chi connectivity index (χ1) is 4.43. The zero-order valence-electron chi connectivity index (χ0n) is 5.29. The summed E-state index contributed by atoms with van der Waals surface area (Å²) in [6.45, 7) is 1.29. The summed E-state index contributed by atoms with van der Waals surface area (Å²) in [6.07, 6.45) is 2.95. The van der Waals surface area contributed by atoms with Crippen LogP contribution in [0.4, 0.5) is 0 Å². The van der Waals surface area contributed by atoms with Crippen molar-refractivity contribution in [2.24, 2.45) is 0 Å². The van der Waals surface area contributed by atoms with E-state index in [0.29, 0.717) is 6.61 Å². The molecule has 0 radical (unpaired) electrons. The maximum atomic E-state index is 8.47. The molecule has 0 unspecified atom stereocenters. The minimum atomic E-state index is 0.301. The molecule has 0 aromatic heterocycles. The molecule has 0 aliphatic carbocycles. The van der Waals surface area contributed by atoms with E-state index in [1.807, 2.05) is 0 Å². The Bertz CT molecular complexity index is 105. The van der Waals surface area contributed by atoms with Gasteiger partial charge in [0.15, 0.2) is 0 Å². The van der Waals surface area contributed by atoms with Gasteiger partial charge in [0.1, 0.15) is 0 Å². The fraction of sp³-hybridized carbons (Fsp3) is 0.667. The van der Waals surface area contributed by atoms with Crippen molar-refractivity contribution < 1.29 is 5.11 Å². The molecule has 0 saturated carbocycles. The average Bonchev–Trinajstić information content (AvgIpc) is 2.34. The van der Waals surface area contributed by atoms with Crippen molar-refractivity contribution in [2.75, 3.05) is 19.0 Å². The molecule has 9 heavy (non-hydrogen) atoms. The SMILES string of the molecule is OCCCN1C=CSC1. The molecule has 0 atom stereocenters. The van der Waals surface area contributed by atoms with Gasteiger partial charge in [0.25, 0.3) is 0 Å². The lowest BCUT2D eigenvalue weighted by Crippen LogP contribution is -2.15. The summed E-state index contributed by atoms with van der Waals surface area (Å²) >= 11 is 1.80. The first-order valence-electron chi connectivity index (χ1n) is 3.06. The van der Waals surface area contributed by atoms with Gasteiger partial charge in [-0.25, -0.2) is 0 Å². The Morgan fingerprint density at radius 2 is 2.56 bits per heavy atom. The van der Waals surface area contributed by atoms with E-state index in [1.54, 1.807) is 11.8 Å². The van der Waals surface area contributed by atoms with Gasteiger partial charge in [-0.15, -0.1) is 11.8 Å². The van der Waals surface area contributed by atoms with Gasteiger partial charge in [0, 0.05) is 19.4 Å². The highest BCUT2D eigenvalue weighted by Crippen LogP contribution is 2.14. The summed E-state index contributed by atoms with van der Waals surface area (Å²) in [5.41, 5.74) is 0. The topological polar surface area (TPSA) is 23.5 Å². The minimum Gasteiger partial charge on any atom is -0.396 e. The van der Waals surface area contributed by atoms with Crippen LogP contribution in [-0.4, -0.2) is 29.0 Å². The van der Waals surface area contributed by atoms with Crippen molar-refractivity contribution in [3.8, 4) is 0 Å². The Labute approximate surface area is 59.5 Å². The monoisotopic (exact) mass is 145 g/mol. The first kappa shape index (κ1) is 6.96. The summed E-state index contributed by atoms with van der Waals surface area (Å²) in [5.74, 6) is 1.06. The van der Waals surface area contributed by atoms with Gasteiger partial charge >= 0.3 is 0 Å². The van der Waals surface area contributed by atoms with E-state index in [0.717, 1.165) is 18.8 Å². The second-order valence-electron chi connectivity index (χ2n) is 1.97. The molecule has 0 saturated heterocycles. The molecule has 1 aliphatic rings. The molecular weight excluding hydrogens is 134 g/mol. The van der Waals surface area contributed by atoms with Crippen LogP contribution in [0.1, 0.15) is 6.42 Å². The van der Waals surface area contributed by atoms with Crippen LogP contribution in [0.2, 0.25) is 0 Å². The van der Waals surface area contributed by atoms with Crippen LogP contribution in [0.25, 0.3) is 0 Å². The molecule has 2 nitrogen and oxygen atoms in total. The molecular formula is C6H11NOS. The summed E-state index contributed by atoms with van der Waals surface area (Å²) < 4.78 is 0. The zero-order chi connectivity index (χ0) is 6.53. The number of hydrogen-bond donors (Lipinski definition) is 1. The molecule has 1 aliphatic heterocycles. The van der Waals surface area contributed by atoms with Gasteiger partial charge in [-0.2, -0.15) is 0 Å². The second-order valence-corrected chi connectivity index (χ2v) is 2.83. The largest absolute Gasteiger partial charge is 0.396 e. The lowest BCUT2D eigenvalue weighted by Gasteiger charge is -2.12. The number of nitrogens with zero attached hydrogens (tertiary/aromatic N) is 1. The predicted octanol–water partition coefficient (Wildman–Crippen LogP) is 0.846. The molecule has 1 heterocycles. The molecule has 0 bridgehead atoms. The van der Waals surface area contributed by atoms with Crippen molar-refractivity contribution in [2.45, 2.75) is 6.42 Å². The average molecular weight is 145 g/mol. The van der Waals surface area contributed by atoms with E-state index < -0.39 is 0 Å². The van der Waals surface area contributed by atoms with Crippen molar-refractivity contribution in [1.29, 1.82) is 0 Å². The highest BCUT2D eigenvalue weighted by atomic mass is 32.2. The van der Waals surface area contributed by atoms with Crippen molar-refractivity contribution in [3.63, 3.8) is 0 Å². The van der Waals surface area contributed by atoms with Gasteiger partial charge in [-0.1, -0.05) is 0 Å². The minimum absolute atomic E-state index is 0.301. The third-order valence-corrected chi connectivity index (χ3v) is 2.01. The van der Waals surface area contributed by atoms with E-state index >= 15 is 0 Å². The normalized spacial score (nSPS) is 17.2. The van der Waals surface area contributed by atoms with Crippen molar-refractivity contribution in [3.05, 3.63) is 11.6 Å². The van der Waals surface area contributed by atoms with Crippen molar-refractivity contribution in [1.82, 2.24) is 4.90 Å². The highest BCUT2D eigenvalue weighted by molar-refractivity contribution is 8.02. The lowest BCUT2D eigenvalue weighted by atomic mass is 10.4. The Morgan fingerprint density at radius 3 is 3.11 bits per heavy atom. The number of aliphatic hydroxyl groups is 1. The van der Waals surface area contributed by atoms with Crippen LogP contribution < -0.4 is 0 Å². The number of aliphatic hydroxyl groups excluding tert-OH is 1. The second kappa shape index (κ2) is 3.80. The van der Waals surface area contributed by atoms with Crippen LogP contribution in [0.15, 0.2) is 11.6 Å². The zero-order valence-corrected chi connectivity index (χ0v) is 6.10. The van der Waals surface area contributed by atoms with Crippen LogP contribution in [-0.2, 0) is 0 Å². The first-order valence-corrected chi connectivity index (χ1v) is 4.11. The molecule has 0 aromatic rings. The van der Waals surface area contributed by atoms with Gasteiger partial charge in [-0.3, -0.25) is 0 Å². The van der Waals surface area contributed by atoms with Crippen LogP contribution >= 0.6 is 11.8 Å². The van der Waals surface area contributed by atoms with E-state index in [2.05, 4.69) is 16.5 Å². The summed E-state index contributed by atoms with van der Waals surface area (Å²) in [7, 11) is 0. The predicted molar refractivity (Wildman–Crippen MR) is 40.0 cm³/mol. The quantitative estimate of drug-likeness (QED) is 0.636. The Balaban J connectivity index is 2.05. The maximum absolute atomic E-state index is 8.47. The maximum Gasteiger partial charge on any atom is 0.0675 e. The fourth-order valence-corrected chi connectivity index (χ4v) is 1.47. The third-order valence-electron chi connectivity index (χ3n) is 1.21. The van der Waals surface area contributed by atoms with Gasteiger partial charge in [0.05, 0.1) is 5.88 Å². The smallest absolute Gasteiger partial charge is 0.0675 e. The Kier molecular flexibility index (Phi) is 2.94. The summed E-state index contributed by atoms with van der Waals surface area (Å²) in [4.78, 5) is 2.20. The number of rotatable bonds is 3. The number of thioether (sulfide) groups is 1. The third kappa shape index (κ3) is 2.28. The molecule has 3 heteroatoms. The summed E-state index contributed by atoms with van der Waals surface area (Å²) in [6, 6.07) is 0. The fourth-order valence-electron chi connectivity index (χ4n) is 0.724. The molecule has 0 aromatic carbocycles. The molecule has 0 amide bonds. The van der Waals surface area contributed by atoms with Crippen LogP contribution in [0.3, 0.4) is 0 Å². The Morgan fingerprint density at radius 1 is 1.67 bits per heavy atom. The highest BCUT2D eigenvalue weighted by Gasteiger charge is 2.01. The molecule has 1 N–H and O–H groups in total. The molecule has 1 rings (SSSR count). The van der Waals surface area contributed by atoms with Gasteiger partial charge in [-0.05, 0) is 11.8 Å². The van der Waals surface area contributed by atoms with E-state index in [-0.39, 0.29) is 0 Å². The van der Waals surface area contributed by atoms with E-state index in [4.69, 9.17) is 5.11 Å². The lowest BCUT2D eigenvalue weighted by molar-refractivity contribution is 0.268. The van der Waals surface area contributed by atoms with Gasteiger partial charge < -0.3 is 10.0 Å². The van der Waals surface area contributed by atoms with E-state index in [9.17, 15) is 0 Å². The molecule has 52 valence electrons. The standard InChI is InChI=1S/C6H11NOS/c8-4-1-2-7-3-5-9-6-7/h3,5,8H,1-2,4,6H2.